The van der Waals surface area contributed by atoms with Crippen molar-refractivity contribution in [2.75, 3.05) is 11.1 Å². The van der Waals surface area contributed by atoms with Gasteiger partial charge in [-0.2, -0.15) is 0 Å². The van der Waals surface area contributed by atoms with Crippen molar-refractivity contribution in [3.05, 3.63) is 59.1 Å². The highest BCUT2D eigenvalue weighted by Gasteiger charge is 2.09. The van der Waals surface area contributed by atoms with E-state index < -0.39 is 0 Å². The van der Waals surface area contributed by atoms with Crippen molar-refractivity contribution in [3.63, 3.8) is 0 Å². The van der Waals surface area contributed by atoms with Crippen LogP contribution in [0.3, 0.4) is 0 Å². The Balaban J connectivity index is 2.13. The van der Waals surface area contributed by atoms with Crippen molar-refractivity contribution in [2.45, 2.75) is 17.9 Å². The third kappa shape index (κ3) is 4.69. The summed E-state index contributed by atoms with van der Waals surface area (Å²) >= 11 is 7.46. The monoisotopic (exact) mass is 320 g/mol. The van der Waals surface area contributed by atoms with Crippen LogP contribution in [0.15, 0.2) is 53.4 Å². The van der Waals surface area contributed by atoms with Crippen molar-refractivity contribution >= 4 is 35.0 Å². The van der Waals surface area contributed by atoms with E-state index in [1.165, 1.54) is 11.8 Å². The van der Waals surface area contributed by atoms with Gasteiger partial charge in [-0.3, -0.25) is 4.79 Å². The van der Waals surface area contributed by atoms with Crippen LogP contribution in [0.4, 0.5) is 5.69 Å². The average molecular weight is 321 g/mol. The Morgan fingerprint density at radius 2 is 2.05 bits per heavy atom. The van der Waals surface area contributed by atoms with Crippen LogP contribution in [-0.4, -0.2) is 11.7 Å². The first-order chi connectivity index (χ1) is 10.1. The topological polar surface area (TPSA) is 55.1 Å². The van der Waals surface area contributed by atoms with Gasteiger partial charge in [0.15, 0.2) is 0 Å². The van der Waals surface area contributed by atoms with E-state index >= 15 is 0 Å². The Morgan fingerprint density at radius 3 is 2.76 bits per heavy atom. The van der Waals surface area contributed by atoms with Gasteiger partial charge in [-0.25, -0.2) is 0 Å². The molecule has 110 valence electrons. The molecular formula is C16H17ClN2OS. The normalized spacial score (nSPS) is 11.9. The lowest BCUT2D eigenvalue weighted by atomic mass is 10.1. The lowest BCUT2D eigenvalue weighted by Crippen LogP contribution is -2.13. The smallest absolute Gasteiger partial charge is 0.227 e. The molecule has 0 bridgehead atoms. The van der Waals surface area contributed by atoms with Gasteiger partial charge >= 0.3 is 0 Å². The SMILES string of the molecule is CC(Nc1ccccc1SCC(N)=O)c1cccc(Cl)c1. The lowest BCUT2D eigenvalue weighted by Gasteiger charge is -2.18. The van der Waals surface area contributed by atoms with E-state index in [9.17, 15) is 4.79 Å². The zero-order chi connectivity index (χ0) is 15.2. The van der Waals surface area contributed by atoms with Gasteiger partial charge < -0.3 is 11.1 Å². The molecule has 1 amide bonds. The molecule has 0 aliphatic heterocycles. The number of hydrogen-bond donors (Lipinski definition) is 2. The van der Waals surface area contributed by atoms with Crippen LogP contribution in [-0.2, 0) is 4.79 Å². The molecule has 0 saturated heterocycles. The molecule has 0 heterocycles. The number of carbonyl (C=O) groups is 1. The first kappa shape index (κ1) is 15.7. The third-order valence-corrected chi connectivity index (χ3v) is 4.31. The molecule has 0 radical (unpaired) electrons. The van der Waals surface area contributed by atoms with Crippen molar-refractivity contribution in [1.29, 1.82) is 0 Å². The minimum Gasteiger partial charge on any atom is -0.378 e. The quantitative estimate of drug-likeness (QED) is 0.788. The van der Waals surface area contributed by atoms with Gasteiger partial charge in [-0.1, -0.05) is 35.9 Å². The molecule has 21 heavy (non-hydrogen) atoms. The number of rotatable bonds is 6. The Kier molecular flexibility index (Phi) is 5.53. The number of primary amides is 1. The zero-order valence-corrected chi connectivity index (χ0v) is 13.2. The summed E-state index contributed by atoms with van der Waals surface area (Å²) in [6.07, 6.45) is 0. The summed E-state index contributed by atoms with van der Waals surface area (Å²) in [6, 6.07) is 15.7. The van der Waals surface area contributed by atoms with Crippen LogP contribution in [0.1, 0.15) is 18.5 Å². The van der Waals surface area contributed by atoms with Crippen LogP contribution < -0.4 is 11.1 Å². The highest BCUT2D eigenvalue weighted by molar-refractivity contribution is 8.00. The predicted octanol–water partition coefficient (Wildman–Crippen LogP) is 4.09. The van der Waals surface area contributed by atoms with Crippen LogP contribution in [0.25, 0.3) is 0 Å². The van der Waals surface area contributed by atoms with Gasteiger partial charge in [0, 0.05) is 21.6 Å². The Bertz CT molecular complexity index is 633. The van der Waals surface area contributed by atoms with Gasteiger partial charge in [0.25, 0.3) is 0 Å². The predicted molar refractivity (Wildman–Crippen MR) is 89.9 cm³/mol. The number of hydrogen-bond acceptors (Lipinski definition) is 3. The number of amides is 1. The van der Waals surface area contributed by atoms with Crippen LogP contribution in [0, 0.1) is 0 Å². The second kappa shape index (κ2) is 7.38. The molecule has 5 heteroatoms. The zero-order valence-electron chi connectivity index (χ0n) is 11.7. The summed E-state index contributed by atoms with van der Waals surface area (Å²) in [5.74, 6) is -0.0535. The number of anilines is 1. The van der Waals surface area contributed by atoms with E-state index in [0.717, 1.165) is 21.2 Å². The van der Waals surface area contributed by atoms with E-state index in [1.54, 1.807) is 0 Å². The number of nitrogens with two attached hydrogens (primary N) is 1. The van der Waals surface area contributed by atoms with Crippen molar-refractivity contribution in [2.24, 2.45) is 5.73 Å². The minimum atomic E-state index is -0.322. The number of carbonyl (C=O) groups excluding carboxylic acids is 1. The van der Waals surface area contributed by atoms with Gasteiger partial charge in [-0.05, 0) is 36.8 Å². The molecule has 2 aromatic rings. The van der Waals surface area contributed by atoms with E-state index in [1.807, 2.05) is 48.5 Å². The van der Waals surface area contributed by atoms with Crippen molar-refractivity contribution in [3.8, 4) is 0 Å². The maximum atomic E-state index is 10.9. The maximum Gasteiger partial charge on any atom is 0.227 e. The number of para-hydroxylation sites is 1. The fourth-order valence-corrected chi connectivity index (χ4v) is 2.91. The fourth-order valence-electron chi connectivity index (χ4n) is 1.95. The third-order valence-electron chi connectivity index (χ3n) is 2.98. The number of halogens is 1. The molecule has 0 spiro atoms. The molecule has 3 N–H and O–H groups in total. The van der Waals surface area contributed by atoms with E-state index in [4.69, 9.17) is 17.3 Å². The van der Waals surface area contributed by atoms with Crippen molar-refractivity contribution in [1.82, 2.24) is 0 Å². The molecule has 0 aromatic heterocycles. The Labute approximate surface area is 133 Å². The summed E-state index contributed by atoms with van der Waals surface area (Å²) in [7, 11) is 0. The van der Waals surface area contributed by atoms with Crippen molar-refractivity contribution < 1.29 is 4.79 Å². The largest absolute Gasteiger partial charge is 0.378 e. The molecule has 0 aliphatic carbocycles. The van der Waals surface area contributed by atoms with Gasteiger partial charge in [0.05, 0.1) is 5.75 Å². The summed E-state index contributed by atoms with van der Waals surface area (Å²) in [6.45, 7) is 2.07. The highest BCUT2D eigenvalue weighted by Crippen LogP contribution is 2.30. The van der Waals surface area contributed by atoms with Crippen LogP contribution >= 0.6 is 23.4 Å². The summed E-state index contributed by atoms with van der Waals surface area (Å²) < 4.78 is 0. The molecule has 0 fully saturated rings. The number of thioether (sulfide) groups is 1. The molecule has 3 nitrogen and oxygen atoms in total. The fraction of sp³-hybridized carbons (Fsp3) is 0.188. The Morgan fingerprint density at radius 1 is 1.29 bits per heavy atom. The second-order valence-electron chi connectivity index (χ2n) is 4.67. The minimum absolute atomic E-state index is 0.110. The van der Waals surface area contributed by atoms with Crippen LogP contribution in [0.2, 0.25) is 5.02 Å². The first-order valence-electron chi connectivity index (χ1n) is 6.58. The lowest BCUT2D eigenvalue weighted by molar-refractivity contribution is -0.115. The standard InChI is InChI=1S/C16H17ClN2OS/c1-11(12-5-4-6-13(17)9-12)19-14-7-2-3-8-15(14)21-10-16(18)20/h2-9,11,19H,10H2,1H3,(H2,18,20). The maximum absolute atomic E-state index is 10.9. The Hall–Kier alpha value is -1.65. The number of nitrogens with one attached hydrogen (secondary N) is 1. The van der Waals surface area contributed by atoms with Gasteiger partial charge in [0.2, 0.25) is 5.91 Å². The van der Waals surface area contributed by atoms with Gasteiger partial charge in [0.1, 0.15) is 0 Å². The molecule has 0 saturated carbocycles. The summed E-state index contributed by atoms with van der Waals surface area (Å²) in [5.41, 5.74) is 7.30. The summed E-state index contributed by atoms with van der Waals surface area (Å²) in [4.78, 5) is 11.9. The van der Waals surface area contributed by atoms with E-state index in [0.29, 0.717) is 0 Å². The molecule has 1 atom stereocenters. The second-order valence-corrected chi connectivity index (χ2v) is 6.13. The van der Waals surface area contributed by atoms with Gasteiger partial charge in [-0.15, -0.1) is 11.8 Å². The molecule has 1 unspecified atom stereocenters. The molecular weight excluding hydrogens is 304 g/mol. The van der Waals surface area contributed by atoms with E-state index in [2.05, 4.69) is 12.2 Å². The number of benzene rings is 2. The van der Waals surface area contributed by atoms with Crippen LogP contribution in [0.5, 0.6) is 0 Å². The summed E-state index contributed by atoms with van der Waals surface area (Å²) in [5, 5.41) is 4.17. The van der Waals surface area contributed by atoms with E-state index in [-0.39, 0.29) is 17.7 Å². The molecule has 2 rings (SSSR count). The average Bonchev–Trinajstić information content (AvgIpc) is 2.46. The molecule has 0 aliphatic rings. The highest BCUT2D eigenvalue weighted by atomic mass is 35.5. The molecule has 2 aromatic carbocycles. The first-order valence-corrected chi connectivity index (χ1v) is 7.95.